The highest BCUT2D eigenvalue weighted by atomic mass is 19.3. The van der Waals surface area contributed by atoms with Gasteiger partial charge in [0.05, 0.1) is 36.9 Å². The fourth-order valence-electron chi connectivity index (χ4n) is 3.71. The normalized spacial score (nSPS) is 13.8. The molecule has 0 saturated heterocycles. The fourth-order valence-corrected chi connectivity index (χ4v) is 3.71. The number of nitrogens with one attached hydrogen (secondary N) is 1. The lowest BCUT2D eigenvalue weighted by Crippen LogP contribution is -2.29. The Bertz CT molecular complexity index is 1290. The van der Waals surface area contributed by atoms with Gasteiger partial charge in [-0.2, -0.15) is 5.26 Å². The van der Waals surface area contributed by atoms with E-state index in [2.05, 4.69) is 22.6 Å². The van der Waals surface area contributed by atoms with Gasteiger partial charge in [0.2, 0.25) is 0 Å². The van der Waals surface area contributed by atoms with Crippen LogP contribution in [0.5, 0.6) is 5.75 Å². The second-order valence-electron chi connectivity index (χ2n) is 8.99. The van der Waals surface area contributed by atoms with E-state index in [1.807, 2.05) is 36.6 Å². The molecule has 0 aromatic carbocycles. The predicted molar refractivity (Wildman–Crippen MR) is 125 cm³/mol. The van der Waals surface area contributed by atoms with Gasteiger partial charge in [-0.3, -0.25) is 9.38 Å². The first-order valence-corrected chi connectivity index (χ1v) is 10.6. The number of aromatic nitrogens is 3. The van der Waals surface area contributed by atoms with Crippen molar-refractivity contribution in [2.75, 3.05) is 7.11 Å². The Balaban J connectivity index is 1.95. The number of ether oxygens (including phenoxy) is 1. The quantitative estimate of drug-likeness (QED) is 0.339. The molecule has 3 heterocycles. The molecule has 3 aromatic rings. The lowest BCUT2D eigenvalue weighted by Gasteiger charge is -2.26. The zero-order valence-corrected chi connectivity index (χ0v) is 19.6. The third-order valence-corrected chi connectivity index (χ3v) is 5.70. The molecule has 1 unspecified atom stereocenters. The number of pyridine rings is 2. The van der Waals surface area contributed by atoms with Crippen molar-refractivity contribution in [2.24, 2.45) is 0 Å². The average Bonchev–Trinajstić information content (AvgIpc) is 3.21. The molecular formula is C25H27F2N5O2. The summed E-state index contributed by atoms with van der Waals surface area (Å²) in [6.45, 7) is 8.16. The third kappa shape index (κ3) is 4.97. The lowest BCUT2D eigenvalue weighted by atomic mass is 9.87. The SMILES string of the molecule is C=CC(F)(F)CC(=N)CC(C)(O)c1ncc(-c2cnc3cc(C(C)(C)C#N)ccn23)cc1OC. The Morgan fingerprint density at radius 1 is 1.26 bits per heavy atom. The predicted octanol–water partition coefficient (Wildman–Crippen LogP) is 5.03. The van der Waals surface area contributed by atoms with Gasteiger partial charge >= 0.3 is 0 Å². The molecule has 2 N–H and O–H groups in total. The molecular weight excluding hydrogens is 440 g/mol. The summed E-state index contributed by atoms with van der Waals surface area (Å²) in [5.41, 5.74) is 0.313. The number of imidazole rings is 1. The number of alkyl halides is 2. The van der Waals surface area contributed by atoms with E-state index in [0.29, 0.717) is 23.0 Å². The van der Waals surface area contributed by atoms with Gasteiger partial charge < -0.3 is 15.3 Å². The molecule has 1 atom stereocenters. The van der Waals surface area contributed by atoms with Crippen LogP contribution in [0.15, 0.2) is 49.4 Å². The van der Waals surface area contributed by atoms with Crippen molar-refractivity contribution < 1.29 is 18.6 Å². The van der Waals surface area contributed by atoms with Crippen molar-refractivity contribution in [3.05, 3.63) is 60.7 Å². The van der Waals surface area contributed by atoms with Crippen LogP contribution in [0.3, 0.4) is 0 Å². The van der Waals surface area contributed by atoms with E-state index < -0.39 is 23.4 Å². The van der Waals surface area contributed by atoms with Crippen molar-refractivity contribution in [2.45, 2.75) is 50.6 Å². The van der Waals surface area contributed by atoms with Crippen molar-refractivity contribution in [3.8, 4) is 23.1 Å². The van der Waals surface area contributed by atoms with E-state index in [0.717, 1.165) is 5.56 Å². The second kappa shape index (κ2) is 8.95. The van der Waals surface area contributed by atoms with Gasteiger partial charge in [0, 0.05) is 30.1 Å². The second-order valence-corrected chi connectivity index (χ2v) is 8.99. The van der Waals surface area contributed by atoms with Crippen LogP contribution in [0, 0.1) is 16.7 Å². The summed E-state index contributed by atoms with van der Waals surface area (Å²) in [4.78, 5) is 8.80. The molecule has 178 valence electrons. The maximum atomic E-state index is 13.6. The molecule has 9 heteroatoms. The number of rotatable bonds is 9. The molecule has 3 aromatic heterocycles. The van der Waals surface area contributed by atoms with Crippen LogP contribution >= 0.6 is 0 Å². The van der Waals surface area contributed by atoms with Crippen molar-refractivity contribution in [1.82, 2.24) is 14.4 Å². The molecule has 0 amide bonds. The molecule has 0 aliphatic rings. The van der Waals surface area contributed by atoms with Crippen molar-refractivity contribution >= 4 is 11.4 Å². The molecule has 7 nitrogen and oxygen atoms in total. The summed E-state index contributed by atoms with van der Waals surface area (Å²) in [5, 5.41) is 28.3. The van der Waals surface area contributed by atoms with Crippen molar-refractivity contribution in [3.63, 3.8) is 0 Å². The molecule has 0 radical (unpaired) electrons. The van der Waals surface area contributed by atoms with Gasteiger partial charge in [-0.15, -0.1) is 0 Å². The van der Waals surface area contributed by atoms with E-state index in [-0.39, 0.29) is 23.6 Å². The Labute approximate surface area is 196 Å². The Kier molecular flexibility index (Phi) is 6.58. The highest BCUT2D eigenvalue weighted by Gasteiger charge is 2.34. The summed E-state index contributed by atoms with van der Waals surface area (Å²) in [6, 6.07) is 7.66. The number of nitriles is 1. The number of allylic oxidation sites excluding steroid dienone is 1. The van der Waals surface area contributed by atoms with E-state index in [9.17, 15) is 19.1 Å². The summed E-state index contributed by atoms with van der Waals surface area (Å²) >= 11 is 0. The molecule has 0 bridgehead atoms. The molecule has 0 fully saturated rings. The minimum Gasteiger partial charge on any atom is -0.495 e. The van der Waals surface area contributed by atoms with Crippen LogP contribution < -0.4 is 4.74 Å². The molecule has 0 aliphatic heterocycles. The zero-order chi connectivity index (χ0) is 25.3. The summed E-state index contributed by atoms with van der Waals surface area (Å²) in [6.07, 6.45) is 4.34. The maximum absolute atomic E-state index is 13.6. The minimum atomic E-state index is -3.22. The number of hydrogen-bond donors (Lipinski definition) is 2. The Morgan fingerprint density at radius 3 is 2.59 bits per heavy atom. The van der Waals surface area contributed by atoms with Gasteiger partial charge in [0.1, 0.15) is 22.7 Å². The maximum Gasteiger partial charge on any atom is 0.271 e. The molecule has 0 saturated carbocycles. The van der Waals surface area contributed by atoms with E-state index in [1.165, 1.54) is 20.2 Å². The third-order valence-electron chi connectivity index (χ3n) is 5.70. The van der Waals surface area contributed by atoms with Crippen LogP contribution in [-0.2, 0) is 11.0 Å². The lowest BCUT2D eigenvalue weighted by molar-refractivity contribution is 0.0475. The van der Waals surface area contributed by atoms with Gasteiger partial charge in [0.15, 0.2) is 0 Å². The monoisotopic (exact) mass is 467 g/mol. The van der Waals surface area contributed by atoms with Crippen LogP contribution in [-0.4, -0.2) is 38.2 Å². The summed E-state index contributed by atoms with van der Waals surface area (Å²) in [7, 11) is 1.42. The summed E-state index contributed by atoms with van der Waals surface area (Å²) < 4.78 is 34.4. The number of fused-ring (bicyclic) bond motifs is 1. The smallest absolute Gasteiger partial charge is 0.271 e. The standard InChI is InChI=1S/C25H27F2N5O2/c1-6-25(26,27)12-18(29)11-24(4,33)22-20(34-5)9-16(13-31-22)19-14-30-21-10-17(7-8-32(19)21)23(2,3)15-28/h6-10,13-14,29,33H,1,11-12H2,2-5H3. The molecule has 0 spiro atoms. The van der Waals surface area contributed by atoms with E-state index >= 15 is 0 Å². The van der Waals surface area contributed by atoms with Gasteiger partial charge in [0.25, 0.3) is 5.92 Å². The fraction of sp³-hybridized carbons (Fsp3) is 0.360. The number of halogens is 2. The number of hydrogen-bond acceptors (Lipinski definition) is 6. The first-order chi connectivity index (χ1) is 15.8. The number of methoxy groups -OCH3 is 1. The van der Waals surface area contributed by atoms with Crippen LogP contribution in [0.2, 0.25) is 0 Å². The Hall–Kier alpha value is -3.64. The van der Waals surface area contributed by atoms with Crippen LogP contribution in [0.4, 0.5) is 8.78 Å². The number of nitrogens with zero attached hydrogens (tertiary/aromatic N) is 4. The van der Waals surface area contributed by atoms with E-state index in [4.69, 9.17) is 10.1 Å². The average molecular weight is 468 g/mol. The van der Waals surface area contributed by atoms with Crippen molar-refractivity contribution in [1.29, 1.82) is 10.7 Å². The Morgan fingerprint density at radius 2 is 1.97 bits per heavy atom. The molecule has 3 rings (SSSR count). The molecule has 34 heavy (non-hydrogen) atoms. The van der Waals surface area contributed by atoms with E-state index in [1.54, 1.807) is 12.3 Å². The van der Waals surface area contributed by atoms with Crippen LogP contribution in [0.25, 0.3) is 16.9 Å². The number of aliphatic hydroxyl groups is 1. The topological polar surface area (TPSA) is 107 Å². The highest BCUT2D eigenvalue weighted by Crippen LogP contribution is 2.35. The minimum absolute atomic E-state index is 0.136. The van der Waals surface area contributed by atoms with Crippen LogP contribution in [0.1, 0.15) is 44.9 Å². The largest absolute Gasteiger partial charge is 0.495 e. The van der Waals surface area contributed by atoms with Gasteiger partial charge in [-0.1, -0.05) is 6.58 Å². The highest BCUT2D eigenvalue weighted by molar-refractivity contribution is 5.83. The summed E-state index contributed by atoms with van der Waals surface area (Å²) in [5.74, 6) is -2.97. The first kappa shape index (κ1) is 25.0. The molecule has 0 aliphatic carbocycles. The zero-order valence-electron chi connectivity index (χ0n) is 19.6. The first-order valence-electron chi connectivity index (χ1n) is 10.6. The van der Waals surface area contributed by atoms with Gasteiger partial charge in [-0.25, -0.2) is 13.8 Å². The van der Waals surface area contributed by atoms with Gasteiger partial charge in [-0.05, 0) is 50.6 Å².